The summed E-state index contributed by atoms with van der Waals surface area (Å²) in [5.41, 5.74) is 9.84. The lowest BCUT2D eigenvalue weighted by molar-refractivity contribution is 0.0981. The highest BCUT2D eigenvalue weighted by molar-refractivity contribution is 6.02. The number of rotatable bonds is 8. The molecule has 5 rings (SSSR count). The SMILES string of the molecule is COc1cc2nccc(Oc3ccc(-c4cc(C(N)=O)c(=O)n(-c5ccc(F)cc5)c4C(N)=O)cc3F)c2cc1OC. The summed E-state index contributed by atoms with van der Waals surface area (Å²) in [6.07, 6.45) is 1.49. The van der Waals surface area contributed by atoms with Gasteiger partial charge in [-0.2, -0.15) is 0 Å². The van der Waals surface area contributed by atoms with Gasteiger partial charge in [0.05, 0.1) is 19.7 Å². The number of aromatic nitrogens is 2. The molecule has 0 fully saturated rings. The van der Waals surface area contributed by atoms with Crippen LogP contribution in [0.5, 0.6) is 23.0 Å². The van der Waals surface area contributed by atoms with Gasteiger partial charge in [-0.05, 0) is 60.2 Å². The van der Waals surface area contributed by atoms with E-state index in [4.69, 9.17) is 25.7 Å². The standard InChI is InChI=1S/C30H22F2N4O6/c1-40-25-13-19-22(14-26(25)41-2)35-10-9-23(19)42-24-8-3-15(11-21(24)32)18-12-20(28(33)37)30(39)36(27(18)29(34)38)17-6-4-16(31)5-7-17/h3-14H,1-2H3,(H2,33,37)(H2,34,38). The van der Waals surface area contributed by atoms with E-state index in [1.807, 2.05) is 0 Å². The highest BCUT2D eigenvalue weighted by Crippen LogP contribution is 2.38. The number of nitrogens with two attached hydrogens (primary N) is 2. The van der Waals surface area contributed by atoms with Crippen molar-refractivity contribution in [3.8, 4) is 39.8 Å². The molecule has 0 saturated carbocycles. The highest BCUT2D eigenvalue weighted by Gasteiger charge is 2.24. The number of hydrogen-bond donors (Lipinski definition) is 2. The first-order chi connectivity index (χ1) is 20.1. The molecule has 0 unspecified atom stereocenters. The van der Waals surface area contributed by atoms with E-state index in [0.29, 0.717) is 22.4 Å². The predicted octanol–water partition coefficient (Wildman–Crippen LogP) is 4.34. The largest absolute Gasteiger partial charge is 0.493 e. The van der Waals surface area contributed by atoms with Crippen LogP contribution in [-0.4, -0.2) is 35.6 Å². The van der Waals surface area contributed by atoms with Crippen molar-refractivity contribution in [2.75, 3.05) is 14.2 Å². The Bertz CT molecular complexity index is 1940. The molecule has 2 amide bonds. The van der Waals surface area contributed by atoms with Gasteiger partial charge in [0.15, 0.2) is 23.1 Å². The third-order valence-electron chi connectivity index (χ3n) is 6.45. The zero-order valence-electron chi connectivity index (χ0n) is 22.2. The number of halogens is 2. The smallest absolute Gasteiger partial charge is 0.268 e. The van der Waals surface area contributed by atoms with Gasteiger partial charge in [0.1, 0.15) is 22.8 Å². The molecule has 212 valence electrons. The molecular weight excluding hydrogens is 550 g/mol. The zero-order valence-corrected chi connectivity index (χ0v) is 22.2. The van der Waals surface area contributed by atoms with Crippen LogP contribution in [0.2, 0.25) is 0 Å². The number of amides is 2. The van der Waals surface area contributed by atoms with E-state index >= 15 is 4.39 Å². The van der Waals surface area contributed by atoms with Crippen molar-refractivity contribution < 1.29 is 32.6 Å². The van der Waals surface area contributed by atoms with Gasteiger partial charge in [0.25, 0.3) is 17.4 Å². The van der Waals surface area contributed by atoms with E-state index in [9.17, 15) is 18.8 Å². The number of ether oxygens (including phenoxy) is 3. The Kier molecular flexibility index (Phi) is 7.28. The van der Waals surface area contributed by atoms with E-state index in [1.54, 1.807) is 18.2 Å². The first-order valence-corrected chi connectivity index (χ1v) is 12.3. The Labute approximate surface area is 236 Å². The number of benzene rings is 3. The molecule has 12 heteroatoms. The molecular formula is C30H22F2N4O6. The van der Waals surface area contributed by atoms with Crippen LogP contribution in [0.1, 0.15) is 20.8 Å². The molecule has 2 aromatic heterocycles. The molecule has 0 atom stereocenters. The van der Waals surface area contributed by atoms with E-state index in [-0.39, 0.29) is 34.0 Å². The third-order valence-corrected chi connectivity index (χ3v) is 6.45. The molecule has 5 aromatic rings. The summed E-state index contributed by atoms with van der Waals surface area (Å²) in [6, 6.07) is 14.2. The van der Waals surface area contributed by atoms with Crippen LogP contribution in [-0.2, 0) is 0 Å². The van der Waals surface area contributed by atoms with Crippen LogP contribution < -0.4 is 31.2 Å². The topological polar surface area (TPSA) is 149 Å². The number of pyridine rings is 2. The zero-order chi connectivity index (χ0) is 30.1. The number of fused-ring (bicyclic) bond motifs is 1. The summed E-state index contributed by atoms with van der Waals surface area (Å²) in [5, 5.41) is 0.520. The molecule has 0 aliphatic rings. The van der Waals surface area contributed by atoms with Crippen LogP contribution >= 0.6 is 0 Å². The normalized spacial score (nSPS) is 10.9. The minimum absolute atomic E-state index is 0.0385. The van der Waals surface area contributed by atoms with Crippen LogP contribution in [0.3, 0.4) is 0 Å². The van der Waals surface area contributed by atoms with Crippen molar-refractivity contribution in [2.24, 2.45) is 11.5 Å². The molecule has 3 aromatic carbocycles. The minimum Gasteiger partial charge on any atom is -0.493 e. The summed E-state index contributed by atoms with van der Waals surface area (Å²) in [5.74, 6) is -2.63. The van der Waals surface area contributed by atoms with Gasteiger partial charge in [-0.15, -0.1) is 0 Å². The van der Waals surface area contributed by atoms with Crippen LogP contribution in [0.25, 0.3) is 27.7 Å². The van der Waals surface area contributed by atoms with Gasteiger partial charge in [-0.1, -0.05) is 6.07 Å². The second-order valence-electron chi connectivity index (χ2n) is 8.95. The Morgan fingerprint density at radius 1 is 0.810 bits per heavy atom. The number of carbonyl (C=O) groups is 2. The quantitative estimate of drug-likeness (QED) is 0.281. The Hall–Kier alpha value is -5.78. The second-order valence-corrected chi connectivity index (χ2v) is 8.95. The average molecular weight is 573 g/mol. The highest BCUT2D eigenvalue weighted by atomic mass is 19.1. The molecule has 0 aliphatic carbocycles. The number of hydrogen-bond acceptors (Lipinski definition) is 7. The summed E-state index contributed by atoms with van der Waals surface area (Å²) in [4.78, 5) is 42.3. The molecule has 10 nitrogen and oxygen atoms in total. The molecule has 2 heterocycles. The van der Waals surface area contributed by atoms with E-state index in [1.165, 1.54) is 44.7 Å². The fourth-order valence-corrected chi connectivity index (χ4v) is 4.50. The van der Waals surface area contributed by atoms with Gasteiger partial charge in [0, 0.05) is 28.9 Å². The van der Waals surface area contributed by atoms with Gasteiger partial charge < -0.3 is 25.7 Å². The Balaban J connectivity index is 1.64. The van der Waals surface area contributed by atoms with Crippen molar-refractivity contribution in [3.63, 3.8) is 0 Å². The van der Waals surface area contributed by atoms with Gasteiger partial charge in [-0.25, -0.2) is 8.78 Å². The number of carbonyl (C=O) groups excluding carboxylic acids is 2. The first-order valence-electron chi connectivity index (χ1n) is 12.3. The van der Waals surface area contributed by atoms with Crippen LogP contribution in [0, 0.1) is 11.6 Å². The maximum absolute atomic E-state index is 15.5. The Morgan fingerprint density at radius 2 is 1.50 bits per heavy atom. The number of nitrogens with zero attached hydrogens (tertiary/aromatic N) is 2. The lowest BCUT2D eigenvalue weighted by Crippen LogP contribution is -2.34. The second kappa shape index (κ2) is 11.0. The van der Waals surface area contributed by atoms with E-state index in [0.717, 1.165) is 28.8 Å². The summed E-state index contributed by atoms with van der Waals surface area (Å²) in [7, 11) is 2.96. The van der Waals surface area contributed by atoms with E-state index in [2.05, 4.69) is 4.98 Å². The lowest BCUT2D eigenvalue weighted by atomic mass is 9.99. The maximum atomic E-state index is 15.5. The van der Waals surface area contributed by atoms with Gasteiger partial charge in [0.2, 0.25) is 0 Å². The summed E-state index contributed by atoms with van der Waals surface area (Å²) < 4.78 is 46.5. The predicted molar refractivity (Wildman–Crippen MR) is 149 cm³/mol. The first kappa shape index (κ1) is 27.8. The molecule has 0 spiro atoms. The lowest BCUT2D eigenvalue weighted by Gasteiger charge is -2.17. The molecule has 0 radical (unpaired) electrons. The summed E-state index contributed by atoms with van der Waals surface area (Å²) >= 11 is 0. The monoisotopic (exact) mass is 572 g/mol. The van der Waals surface area contributed by atoms with Crippen molar-refractivity contribution in [1.82, 2.24) is 9.55 Å². The molecule has 0 bridgehead atoms. The van der Waals surface area contributed by atoms with E-state index < -0.39 is 34.6 Å². The number of methoxy groups -OCH3 is 2. The fraction of sp³-hybridized carbons (Fsp3) is 0.0667. The van der Waals surface area contributed by atoms with Crippen molar-refractivity contribution in [3.05, 3.63) is 106 Å². The molecule has 42 heavy (non-hydrogen) atoms. The minimum atomic E-state index is -1.09. The average Bonchev–Trinajstić information content (AvgIpc) is 2.97. The molecule has 0 saturated heterocycles. The van der Waals surface area contributed by atoms with Crippen molar-refractivity contribution in [1.29, 1.82) is 0 Å². The van der Waals surface area contributed by atoms with Gasteiger partial charge >= 0.3 is 0 Å². The van der Waals surface area contributed by atoms with Crippen molar-refractivity contribution >= 4 is 22.7 Å². The maximum Gasteiger partial charge on any atom is 0.268 e. The summed E-state index contributed by atoms with van der Waals surface area (Å²) in [6.45, 7) is 0. The van der Waals surface area contributed by atoms with Crippen LogP contribution in [0.4, 0.5) is 8.78 Å². The van der Waals surface area contributed by atoms with Crippen LogP contribution in [0.15, 0.2) is 77.7 Å². The number of primary amides is 2. The fourth-order valence-electron chi connectivity index (χ4n) is 4.50. The Morgan fingerprint density at radius 3 is 2.12 bits per heavy atom. The molecule has 0 aliphatic heterocycles. The third kappa shape index (κ3) is 4.96. The van der Waals surface area contributed by atoms with Gasteiger partial charge in [-0.3, -0.25) is 23.9 Å². The van der Waals surface area contributed by atoms with Crippen molar-refractivity contribution in [2.45, 2.75) is 0 Å². The molecule has 4 N–H and O–H groups in total.